The monoisotopic (exact) mass is 295 g/mol. The van der Waals surface area contributed by atoms with Gasteiger partial charge in [-0.25, -0.2) is 0 Å². The second kappa shape index (κ2) is 7.25. The SMILES string of the molecule is N#Cc1cccc(C[C@@H](NCc2ccc(O)cc2)C(N)=O)c1. The van der Waals surface area contributed by atoms with Gasteiger partial charge in [0.15, 0.2) is 0 Å². The molecule has 0 fully saturated rings. The highest BCUT2D eigenvalue weighted by Crippen LogP contribution is 2.11. The minimum Gasteiger partial charge on any atom is -0.508 e. The van der Waals surface area contributed by atoms with E-state index in [4.69, 9.17) is 11.0 Å². The number of nitrogens with one attached hydrogen (secondary N) is 1. The fourth-order valence-corrected chi connectivity index (χ4v) is 2.13. The molecule has 2 aromatic carbocycles. The number of carbonyl (C=O) groups is 1. The molecule has 1 amide bonds. The summed E-state index contributed by atoms with van der Waals surface area (Å²) >= 11 is 0. The van der Waals surface area contributed by atoms with E-state index in [1.54, 1.807) is 42.5 Å². The number of phenols is 1. The molecule has 4 N–H and O–H groups in total. The Hall–Kier alpha value is -2.84. The zero-order chi connectivity index (χ0) is 15.9. The zero-order valence-corrected chi connectivity index (χ0v) is 12.0. The lowest BCUT2D eigenvalue weighted by Gasteiger charge is -2.16. The number of hydrogen-bond donors (Lipinski definition) is 3. The van der Waals surface area contributed by atoms with Gasteiger partial charge in [-0.05, 0) is 41.8 Å². The second-order valence-corrected chi connectivity index (χ2v) is 5.02. The van der Waals surface area contributed by atoms with E-state index in [0.717, 1.165) is 11.1 Å². The van der Waals surface area contributed by atoms with Crippen LogP contribution in [0.2, 0.25) is 0 Å². The molecule has 0 heterocycles. The van der Waals surface area contributed by atoms with Crippen LogP contribution in [0.1, 0.15) is 16.7 Å². The van der Waals surface area contributed by atoms with Gasteiger partial charge in [0, 0.05) is 6.54 Å². The molecule has 0 aliphatic heterocycles. The van der Waals surface area contributed by atoms with Crippen LogP contribution in [0.25, 0.3) is 0 Å². The summed E-state index contributed by atoms with van der Waals surface area (Å²) in [7, 11) is 0. The topological polar surface area (TPSA) is 99.1 Å². The first-order valence-corrected chi connectivity index (χ1v) is 6.88. The molecule has 22 heavy (non-hydrogen) atoms. The van der Waals surface area contributed by atoms with Crippen molar-refractivity contribution in [1.29, 1.82) is 5.26 Å². The lowest BCUT2D eigenvalue weighted by molar-refractivity contribution is -0.120. The molecule has 1 atom stereocenters. The van der Waals surface area contributed by atoms with Crippen LogP contribution in [0.5, 0.6) is 5.75 Å². The Morgan fingerprint density at radius 3 is 2.59 bits per heavy atom. The Balaban J connectivity index is 2.02. The molecule has 5 heteroatoms. The summed E-state index contributed by atoms with van der Waals surface area (Å²) in [6.07, 6.45) is 0.420. The van der Waals surface area contributed by atoms with Crippen molar-refractivity contribution in [3.8, 4) is 11.8 Å². The summed E-state index contributed by atoms with van der Waals surface area (Å²) in [6.45, 7) is 0.464. The van der Waals surface area contributed by atoms with Crippen LogP contribution in [0.3, 0.4) is 0 Å². The molecule has 0 radical (unpaired) electrons. The van der Waals surface area contributed by atoms with Crippen LogP contribution >= 0.6 is 0 Å². The summed E-state index contributed by atoms with van der Waals surface area (Å²) in [5, 5.41) is 21.2. The standard InChI is InChI=1S/C17H17N3O2/c18-10-14-3-1-2-13(8-14)9-16(17(19)22)20-11-12-4-6-15(21)7-5-12/h1-8,16,20-21H,9,11H2,(H2,19,22)/t16-/m1/s1. The van der Waals surface area contributed by atoms with E-state index in [9.17, 15) is 9.90 Å². The molecule has 0 aliphatic rings. The minimum atomic E-state index is -0.525. The highest BCUT2D eigenvalue weighted by Gasteiger charge is 2.15. The summed E-state index contributed by atoms with van der Waals surface area (Å²) < 4.78 is 0. The normalized spacial score (nSPS) is 11.6. The maximum atomic E-state index is 11.6. The van der Waals surface area contributed by atoms with E-state index < -0.39 is 11.9 Å². The van der Waals surface area contributed by atoms with Crippen LogP contribution in [0.4, 0.5) is 0 Å². The van der Waals surface area contributed by atoms with E-state index in [1.807, 2.05) is 6.07 Å². The van der Waals surface area contributed by atoms with Gasteiger partial charge >= 0.3 is 0 Å². The molecule has 0 aromatic heterocycles. The number of carbonyl (C=O) groups excluding carboxylic acids is 1. The number of nitrogens with two attached hydrogens (primary N) is 1. The van der Waals surface area contributed by atoms with Gasteiger partial charge in [0.1, 0.15) is 5.75 Å². The molecule has 0 aliphatic carbocycles. The first-order valence-electron chi connectivity index (χ1n) is 6.88. The van der Waals surface area contributed by atoms with Gasteiger partial charge in [-0.15, -0.1) is 0 Å². The van der Waals surface area contributed by atoms with E-state index >= 15 is 0 Å². The van der Waals surface area contributed by atoms with Crippen LogP contribution in [-0.4, -0.2) is 17.1 Å². The lowest BCUT2D eigenvalue weighted by atomic mass is 10.0. The van der Waals surface area contributed by atoms with Crippen molar-refractivity contribution in [3.63, 3.8) is 0 Å². The van der Waals surface area contributed by atoms with Crippen molar-refractivity contribution in [2.24, 2.45) is 5.73 Å². The Bertz CT molecular complexity index is 690. The predicted molar refractivity (Wildman–Crippen MR) is 82.8 cm³/mol. The van der Waals surface area contributed by atoms with Gasteiger partial charge in [-0.1, -0.05) is 24.3 Å². The van der Waals surface area contributed by atoms with Crippen molar-refractivity contribution < 1.29 is 9.90 Å². The van der Waals surface area contributed by atoms with Crippen LogP contribution in [0.15, 0.2) is 48.5 Å². The third-order valence-electron chi connectivity index (χ3n) is 3.33. The number of nitrogens with zero attached hydrogens (tertiary/aromatic N) is 1. The number of benzene rings is 2. The van der Waals surface area contributed by atoms with Gasteiger partial charge in [-0.2, -0.15) is 5.26 Å². The Kier molecular flexibility index (Phi) is 5.12. The molecule has 112 valence electrons. The molecule has 0 unspecified atom stereocenters. The third kappa shape index (κ3) is 4.33. The molecule has 0 bridgehead atoms. The van der Waals surface area contributed by atoms with Gasteiger partial charge < -0.3 is 16.2 Å². The molecular weight excluding hydrogens is 278 g/mol. The number of rotatable bonds is 6. The summed E-state index contributed by atoms with van der Waals surface area (Å²) in [5.74, 6) is -0.246. The molecule has 2 aromatic rings. The minimum absolute atomic E-state index is 0.198. The lowest BCUT2D eigenvalue weighted by Crippen LogP contribution is -2.42. The van der Waals surface area contributed by atoms with Crippen molar-refractivity contribution >= 4 is 5.91 Å². The third-order valence-corrected chi connectivity index (χ3v) is 3.33. The largest absolute Gasteiger partial charge is 0.508 e. The Labute approximate surface area is 129 Å². The van der Waals surface area contributed by atoms with Crippen molar-refractivity contribution in [3.05, 3.63) is 65.2 Å². The summed E-state index contributed by atoms with van der Waals surface area (Å²) in [6, 6.07) is 15.4. The second-order valence-electron chi connectivity index (χ2n) is 5.02. The first-order chi connectivity index (χ1) is 10.6. The molecule has 5 nitrogen and oxygen atoms in total. The zero-order valence-electron chi connectivity index (χ0n) is 12.0. The number of phenolic OH excluding ortho intramolecular Hbond substituents is 1. The fourth-order valence-electron chi connectivity index (χ4n) is 2.13. The van der Waals surface area contributed by atoms with Gasteiger partial charge in [-0.3, -0.25) is 4.79 Å². The number of primary amides is 1. The Morgan fingerprint density at radius 2 is 1.95 bits per heavy atom. The Morgan fingerprint density at radius 1 is 1.23 bits per heavy atom. The first kappa shape index (κ1) is 15.5. The summed E-state index contributed by atoms with van der Waals surface area (Å²) in [5.41, 5.74) is 7.81. The maximum absolute atomic E-state index is 11.6. The fraction of sp³-hybridized carbons (Fsp3) is 0.176. The number of aromatic hydroxyl groups is 1. The van der Waals surface area contributed by atoms with Crippen molar-refractivity contribution in [2.75, 3.05) is 0 Å². The van der Waals surface area contributed by atoms with Gasteiger partial charge in [0.25, 0.3) is 0 Å². The predicted octanol–water partition coefficient (Wildman–Crippen LogP) is 1.45. The van der Waals surface area contributed by atoms with Gasteiger partial charge in [0.05, 0.1) is 17.7 Å². The molecule has 0 saturated carbocycles. The van der Waals surface area contributed by atoms with Crippen LogP contribution in [-0.2, 0) is 17.8 Å². The maximum Gasteiger partial charge on any atom is 0.234 e. The van der Waals surface area contributed by atoms with E-state index in [0.29, 0.717) is 18.5 Å². The smallest absolute Gasteiger partial charge is 0.234 e. The van der Waals surface area contributed by atoms with E-state index in [2.05, 4.69) is 11.4 Å². The highest BCUT2D eigenvalue weighted by atomic mass is 16.3. The van der Waals surface area contributed by atoms with E-state index in [1.165, 1.54) is 0 Å². The van der Waals surface area contributed by atoms with Crippen molar-refractivity contribution in [1.82, 2.24) is 5.32 Å². The molecular formula is C17H17N3O2. The summed E-state index contributed by atoms with van der Waals surface area (Å²) in [4.78, 5) is 11.6. The van der Waals surface area contributed by atoms with Crippen molar-refractivity contribution in [2.45, 2.75) is 19.0 Å². The highest BCUT2D eigenvalue weighted by molar-refractivity contribution is 5.80. The van der Waals surface area contributed by atoms with Crippen LogP contribution in [0, 0.1) is 11.3 Å². The quantitative estimate of drug-likeness (QED) is 0.751. The average molecular weight is 295 g/mol. The molecule has 0 saturated heterocycles. The average Bonchev–Trinajstić information content (AvgIpc) is 2.53. The number of hydrogen-bond acceptors (Lipinski definition) is 4. The molecule has 0 spiro atoms. The number of nitriles is 1. The molecule has 2 rings (SSSR count). The van der Waals surface area contributed by atoms with Gasteiger partial charge in [0.2, 0.25) is 5.91 Å². The number of amides is 1. The van der Waals surface area contributed by atoms with Crippen LogP contribution < -0.4 is 11.1 Å². The van der Waals surface area contributed by atoms with E-state index in [-0.39, 0.29) is 5.75 Å².